The molecule has 1 saturated carbocycles. The van der Waals surface area contributed by atoms with E-state index in [4.69, 9.17) is 21.1 Å². The molecule has 27 heavy (non-hydrogen) atoms. The Balaban J connectivity index is 1.53. The van der Waals surface area contributed by atoms with Gasteiger partial charge in [-0.15, -0.1) is 0 Å². The van der Waals surface area contributed by atoms with Gasteiger partial charge in [-0.2, -0.15) is 0 Å². The first-order valence-electron chi connectivity index (χ1n) is 8.83. The third-order valence-electron chi connectivity index (χ3n) is 5.27. The fourth-order valence-corrected chi connectivity index (χ4v) is 3.69. The van der Waals surface area contributed by atoms with Gasteiger partial charge < -0.3 is 19.8 Å². The zero-order chi connectivity index (χ0) is 19.0. The number of hydrogen-bond donors (Lipinski definition) is 2. The van der Waals surface area contributed by atoms with E-state index in [9.17, 15) is 4.79 Å². The standard InChI is InChI=1S/C21H21ClN2O3/c1-26-15-7-13(8-16(10-15)27-2)20(25)24-12-21(5-6-21)18-11-23-19-9-14(22)3-4-17(18)19/h3-4,7-11,23H,5-6,12H2,1-2H3,(H,24,25). The number of nitrogens with one attached hydrogen (secondary N) is 2. The number of methoxy groups -OCH3 is 2. The molecule has 1 aromatic heterocycles. The molecule has 5 nitrogen and oxygen atoms in total. The monoisotopic (exact) mass is 384 g/mol. The molecule has 140 valence electrons. The number of ether oxygens (including phenoxy) is 2. The quantitative estimate of drug-likeness (QED) is 0.666. The minimum absolute atomic E-state index is 0.0231. The average Bonchev–Trinajstić information content (AvgIpc) is 3.36. The van der Waals surface area contributed by atoms with Crippen molar-refractivity contribution in [1.29, 1.82) is 0 Å². The summed E-state index contributed by atoms with van der Waals surface area (Å²) in [6, 6.07) is 11.0. The Morgan fingerprint density at radius 3 is 2.48 bits per heavy atom. The van der Waals surface area contributed by atoms with Crippen LogP contribution in [0.5, 0.6) is 11.5 Å². The zero-order valence-electron chi connectivity index (χ0n) is 15.3. The van der Waals surface area contributed by atoms with Crippen molar-refractivity contribution in [2.24, 2.45) is 0 Å². The van der Waals surface area contributed by atoms with Gasteiger partial charge in [-0.1, -0.05) is 17.7 Å². The number of amides is 1. The maximum absolute atomic E-state index is 12.7. The van der Waals surface area contributed by atoms with E-state index in [0.29, 0.717) is 28.6 Å². The summed E-state index contributed by atoms with van der Waals surface area (Å²) in [5, 5.41) is 4.95. The molecule has 3 aromatic rings. The van der Waals surface area contributed by atoms with Crippen LogP contribution in [0, 0.1) is 0 Å². The predicted octanol–water partition coefficient (Wildman–Crippen LogP) is 4.30. The van der Waals surface area contributed by atoms with Gasteiger partial charge in [-0.3, -0.25) is 4.79 Å². The number of fused-ring (bicyclic) bond motifs is 1. The minimum atomic E-state index is -0.138. The van der Waals surface area contributed by atoms with Crippen molar-refractivity contribution in [1.82, 2.24) is 10.3 Å². The molecule has 0 radical (unpaired) electrons. The van der Waals surface area contributed by atoms with E-state index in [1.165, 1.54) is 5.56 Å². The fourth-order valence-electron chi connectivity index (χ4n) is 3.52. The number of carbonyl (C=O) groups is 1. The summed E-state index contributed by atoms with van der Waals surface area (Å²) >= 11 is 6.08. The normalized spacial score (nSPS) is 14.8. The molecule has 2 aromatic carbocycles. The Hall–Kier alpha value is -2.66. The maximum atomic E-state index is 12.7. The molecular formula is C21H21ClN2O3. The smallest absolute Gasteiger partial charge is 0.251 e. The number of hydrogen-bond acceptors (Lipinski definition) is 3. The van der Waals surface area contributed by atoms with Gasteiger partial charge in [0, 0.05) is 45.7 Å². The van der Waals surface area contributed by atoms with E-state index in [-0.39, 0.29) is 11.3 Å². The summed E-state index contributed by atoms with van der Waals surface area (Å²) in [4.78, 5) is 16.0. The SMILES string of the molecule is COc1cc(OC)cc(C(=O)NCC2(c3c[nH]c4cc(Cl)ccc34)CC2)c1. The van der Waals surface area contributed by atoms with Gasteiger partial charge in [0.1, 0.15) is 11.5 Å². The molecule has 1 amide bonds. The van der Waals surface area contributed by atoms with Crippen LogP contribution in [0.2, 0.25) is 5.02 Å². The first-order chi connectivity index (χ1) is 13.0. The molecule has 1 fully saturated rings. The summed E-state index contributed by atoms with van der Waals surface area (Å²) < 4.78 is 10.5. The lowest BCUT2D eigenvalue weighted by molar-refractivity contribution is 0.0949. The van der Waals surface area contributed by atoms with Crippen LogP contribution in [-0.4, -0.2) is 31.7 Å². The van der Waals surface area contributed by atoms with E-state index in [1.54, 1.807) is 32.4 Å². The number of H-pyrrole nitrogens is 1. The van der Waals surface area contributed by atoms with E-state index in [1.807, 2.05) is 24.4 Å². The highest BCUT2D eigenvalue weighted by Gasteiger charge is 2.45. The minimum Gasteiger partial charge on any atom is -0.497 e. The summed E-state index contributed by atoms with van der Waals surface area (Å²) in [6.45, 7) is 0.584. The highest BCUT2D eigenvalue weighted by molar-refractivity contribution is 6.31. The Morgan fingerprint density at radius 1 is 1.15 bits per heavy atom. The van der Waals surface area contributed by atoms with Crippen molar-refractivity contribution >= 4 is 28.4 Å². The summed E-state index contributed by atoms with van der Waals surface area (Å²) in [7, 11) is 3.14. The molecule has 6 heteroatoms. The van der Waals surface area contributed by atoms with Gasteiger partial charge in [-0.05, 0) is 42.7 Å². The van der Waals surface area contributed by atoms with E-state index >= 15 is 0 Å². The second-order valence-electron chi connectivity index (χ2n) is 6.96. The summed E-state index contributed by atoms with van der Waals surface area (Å²) in [6.07, 6.45) is 4.13. The Labute approximate surface area is 162 Å². The lowest BCUT2D eigenvalue weighted by atomic mass is 9.95. The van der Waals surface area contributed by atoms with Crippen LogP contribution >= 0.6 is 11.6 Å². The molecule has 1 heterocycles. The molecule has 0 aliphatic heterocycles. The van der Waals surface area contributed by atoms with Gasteiger partial charge in [0.2, 0.25) is 0 Å². The van der Waals surface area contributed by atoms with E-state index in [0.717, 1.165) is 23.7 Å². The van der Waals surface area contributed by atoms with Crippen LogP contribution in [-0.2, 0) is 5.41 Å². The molecule has 2 N–H and O–H groups in total. The topological polar surface area (TPSA) is 63.4 Å². The largest absolute Gasteiger partial charge is 0.497 e. The van der Waals surface area contributed by atoms with Crippen LogP contribution < -0.4 is 14.8 Å². The van der Waals surface area contributed by atoms with Crippen molar-refractivity contribution in [3.05, 3.63) is 58.7 Å². The van der Waals surface area contributed by atoms with Crippen LogP contribution in [0.4, 0.5) is 0 Å². The number of carbonyl (C=O) groups excluding carboxylic acids is 1. The second kappa shape index (κ2) is 6.82. The summed E-state index contributed by atoms with van der Waals surface area (Å²) in [5.41, 5.74) is 2.75. The van der Waals surface area contributed by atoms with Crippen molar-refractivity contribution < 1.29 is 14.3 Å². The molecule has 0 saturated heterocycles. The third kappa shape index (κ3) is 3.35. The Morgan fingerprint density at radius 2 is 1.85 bits per heavy atom. The van der Waals surface area contributed by atoms with Crippen LogP contribution in [0.15, 0.2) is 42.6 Å². The van der Waals surface area contributed by atoms with Crippen molar-refractivity contribution in [3.8, 4) is 11.5 Å². The predicted molar refractivity (Wildman–Crippen MR) is 106 cm³/mol. The second-order valence-corrected chi connectivity index (χ2v) is 7.39. The summed E-state index contributed by atoms with van der Waals surface area (Å²) in [5.74, 6) is 1.05. The maximum Gasteiger partial charge on any atom is 0.251 e. The highest BCUT2D eigenvalue weighted by atomic mass is 35.5. The van der Waals surface area contributed by atoms with E-state index in [2.05, 4.69) is 10.3 Å². The lowest BCUT2D eigenvalue weighted by Gasteiger charge is -2.16. The molecule has 0 unspecified atom stereocenters. The molecule has 1 aliphatic carbocycles. The third-order valence-corrected chi connectivity index (χ3v) is 5.50. The molecule has 4 rings (SSSR count). The first-order valence-corrected chi connectivity index (χ1v) is 9.21. The molecule has 1 aliphatic rings. The molecule has 0 atom stereocenters. The average molecular weight is 385 g/mol. The van der Waals surface area contributed by atoms with Gasteiger partial charge in [0.15, 0.2) is 0 Å². The van der Waals surface area contributed by atoms with Gasteiger partial charge in [-0.25, -0.2) is 0 Å². The number of rotatable bonds is 6. The highest BCUT2D eigenvalue weighted by Crippen LogP contribution is 2.50. The molecular weight excluding hydrogens is 364 g/mol. The van der Waals surface area contributed by atoms with Crippen molar-refractivity contribution in [2.75, 3.05) is 20.8 Å². The lowest BCUT2D eigenvalue weighted by Crippen LogP contribution is -2.32. The van der Waals surface area contributed by atoms with Crippen LogP contribution in [0.25, 0.3) is 10.9 Å². The van der Waals surface area contributed by atoms with Crippen molar-refractivity contribution in [2.45, 2.75) is 18.3 Å². The zero-order valence-corrected chi connectivity index (χ0v) is 16.0. The van der Waals surface area contributed by atoms with E-state index < -0.39 is 0 Å². The number of halogens is 1. The number of benzene rings is 2. The van der Waals surface area contributed by atoms with Gasteiger partial charge in [0.25, 0.3) is 5.91 Å². The Bertz CT molecular complexity index is 986. The Kier molecular flexibility index (Phi) is 4.48. The van der Waals surface area contributed by atoms with Gasteiger partial charge >= 0.3 is 0 Å². The fraction of sp³-hybridized carbons (Fsp3) is 0.286. The number of aromatic nitrogens is 1. The number of aromatic amines is 1. The molecule has 0 spiro atoms. The van der Waals surface area contributed by atoms with Gasteiger partial charge in [0.05, 0.1) is 14.2 Å². The van der Waals surface area contributed by atoms with Crippen LogP contribution in [0.1, 0.15) is 28.8 Å². The molecule has 0 bridgehead atoms. The van der Waals surface area contributed by atoms with Crippen molar-refractivity contribution in [3.63, 3.8) is 0 Å². The first kappa shape index (κ1) is 17.7. The van der Waals surface area contributed by atoms with Crippen LogP contribution in [0.3, 0.4) is 0 Å².